The van der Waals surface area contributed by atoms with Crippen LogP contribution in [0.2, 0.25) is 0 Å². The zero-order valence-corrected chi connectivity index (χ0v) is 22.5. The minimum Gasteiger partial charge on any atom is -0.478 e. The monoisotopic (exact) mass is 546 g/mol. The molecule has 7 nitrogen and oxygen atoms in total. The van der Waals surface area contributed by atoms with Crippen molar-refractivity contribution in [2.75, 3.05) is 4.90 Å². The number of carboxylic acids is 1. The SMILES string of the molecule is Cc1ccccc1Oc1ccc(N2C(=S)N[C@@H](c3ccccn3)[C@H]2c2cccn2-c2cccc(C(=O)O)c2)cc1. The maximum absolute atomic E-state index is 11.7. The third-order valence-electron chi connectivity index (χ3n) is 6.99. The van der Waals surface area contributed by atoms with E-state index in [4.69, 9.17) is 17.0 Å². The van der Waals surface area contributed by atoms with Crippen LogP contribution in [0.4, 0.5) is 5.69 Å². The van der Waals surface area contributed by atoms with Crippen molar-refractivity contribution in [3.8, 4) is 17.2 Å². The molecule has 1 aliphatic rings. The van der Waals surface area contributed by atoms with Crippen molar-refractivity contribution >= 4 is 29.0 Å². The third kappa shape index (κ3) is 4.81. The predicted molar refractivity (Wildman–Crippen MR) is 158 cm³/mol. The minimum absolute atomic E-state index is 0.222. The van der Waals surface area contributed by atoms with E-state index >= 15 is 0 Å². The van der Waals surface area contributed by atoms with Crippen molar-refractivity contribution in [1.29, 1.82) is 0 Å². The largest absolute Gasteiger partial charge is 0.478 e. The van der Waals surface area contributed by atoms with Gasteiger partial charge in [-0.05, 0) is 97.5 Å². The topological polar surface area (TPSA) is 79.6 Å². The average molecular weight is 547 g/mol. The summed E-state index contributed by atoms with van der Waals surface area (Å²) in [5.74, 6) is 0.561. The van der Waals surface area contributed by atoms with Crippen LogP contribution in [-0.4, -0.2) is 25.7 Å². The Morgan fingerprint density at radius 2 is 1.73 bits per heavy atom. The molecule has 6 rings (SSSR count). The number of carboxylic acid groups (broad SMARTS) is 1. The Kier molecular flexibility index (Phi) is 6.76. The van der Waals surface area contributed by atoms with Crippen LogP contribution in [0.15, 0.2) is 116 Å². The molecule has 0 radical (unpaired) electrons. The second kappa shape index (κ2) is 10.7. The molecular formula is C32H26N4O3S. The molecule has 1 fully saturated rings. The Labute approximate surface area is 237 Å². The number of aryl methyl sites for hydroxylation is 1. The summed E-state index contributed by atoms with van der Waals surface area (Å²) in [5, 5.41) is 13.6. The highest BCUT2D eigenvalue weighted by Crippen LogP contribution is 2.42. The van der Waals surface area contributed by atoms with Gasteiger partial charge in [-0.25, -0.2) is 4.79 Å². The summed E-state index contributed by atoms with van der Waals surface area (Å²) in [6.45, 7) is 2.02. The number of ether oxygens (including phenoxy) is 1. The fraction of sp³-hybridized carbons (Fsp3) is 0.0938. The molecule has 3 heterocycles. The van der Waals surface area contributed by atoms with Gasteiger partial charge in [-0.1, -0.05) is 30.3 Å². The number of rotatable bonds is 7. The Morgan fingerprint density at radius 3 is 2.48 bits per heavy atom. The van der Waals surface area contributed by atoms with E-state index in [1.165, 1.54) is 0 Å². The van der Waals surface area contributed by atoms with Crippen molar-refractivity contribution in [3.05, 3.63) is 138 Å². The number of para-hydroxylation sites is 1. The number of hydrogen-bond donors (Lipinski definition) is 2. The van der Waals surface area contributed by atoms with E-state index in [2.05, 4.69) is 15.2 Å². The highest BCUT2D eigenvalue weighted by Gasteiger charge is 2.42. The molecule has 1 saturated heterocycles. The number of benzene rings is 3. The van der Waals surface area contributed by atoms with Gasteiger partial charge in [0.1, 0.15) is 17.5 Å². The molecule has 1 aliphatic heterocycles. The van der Waals surface area contributed by atoms with Crippen LogP contribution < -0.4 is 15.0 Å². The van der Waals surface area contributed by atoms with Gasteiger partial charge in [-0.2, -0.15) is 0 Å². The van der Waals surface area contributed by atoms with Crippen LogP contribution in [-0.2, 0) is 0 Å². The Balaban J connectivity index is 1.41. The molecule has 198 valence electrons. The van der Waals surface area contributed by atoms with Gasteiger partial charge in [-0.3, -0.25) is 4.98 Å². The molecule has 0 bridgehead atoms. The lowest BCUT2D eigenvalue weighted by atomic mass is 10.0. The molecule has 2 atom stereocenters. The van der Waals surface area contributed by atoms with Gasteiger partial charge < -0.3 is 24.6 Å². The average Bonchev–Trinajstić information content (AvgIpc) is 3.60. The molecule has 2 N–H and O–H groups in total. The Hall–Kier alpha value is -4.95. The fourth-order valence-corrected chi connectivity index (χ4v) is 5.41. The van der Waals surface area contributed by atoms with E-state index in [1.807, 2.05) is 103 Å². The van der Waals surface area contributed by atoms with Crippen LogP contribution in [0.3, 0.4) is 0 Å². The first kappa shape index (κ1) is 25.3. The smallest absolute Gasteiger partial charge is 0.335 e. The van der Waals surface area contributed by atoms with Crippen molar-refractivity contribution in [2.45, 2.75) is 19.0 Å². The van der Waals surface area contributed by atoms with E-state index in [0.29, 0.717) is 5.11 Å². The summed E-state index contributed by atoms with van der Waals surface area (Å²) < 4.78 is 8.13. The first-order valence-electron chi connectivity index (χ1n) is 12.8. The van der Waals surface area contributed by atoms with Crippen molar-refractivity contribution in [3.63, 3.8) is 0 Å². The molecular weight excluding hydrogens is 520 g/mol. The zero-order valence-electron chi connectivity index (χ0n) is 21.6. The molecule has 0 spiro atoms. The lowest BCUT2D eigenvalue weighted by Crippen LogP contribution is -2.30. The van der Waals surface area contributed by atoms with Crippen LogP contribution in [0.1, 0.15) is 39.4 Å². The van der Waals surface area contributed by atoms with E-state index in [1.54, 1.807) is 24.4 Å². The number of thiocarbonyl (C=S) groups is 1. The zero-order chi connectivity index (χ0) is 27.6. The second-order valence-electron chi connectivity index (χ2n) is 9.52. The number of anilines is 1. The van der Waals surface area contributed by atoms with Crippen molar-refractivity contribution in [2.24, 2.45) is 0 Å². The molecule has 2 aromatic heterocycles. The summed E-state index contributed by atoms with van der Waals surface area (Å²) in [6, 6.07) is 32.0. The van der Waals surface area contributed by atoms with Gasteiger partial charge >= 0.3 is 5.97 Å². The first-order valence-corrected chi connectivity index (χ1v) is 13.3. The van der Waals surface area contributed by atoms with Crippen LogP contribution in [0, 0.1) is 6.92 Å². The van der Waals surface area contributed by atoms with Gasteiger partial charge in [0.25, 0.3) is 0 Å². The summed E-state index contributed by atoms with van der Waals surface area (Å²) in [5.41, 5.74) is 4.71. The van der Waals surface area contributed by atoms with E-state index in [9.17, 15) is 9.90 Å². The van der Waals surface area contributed by atoms with E-state index in [0.717, 1.165) is 39.8 Å². The first-order chi connectivity index (χ1) is 19.5. The number of nitrogens with one attached hydrogen (secondary N) is 1. The molecule has 0 aliphatic carbocycles. The van der Waals surface area contributed by atoms with Gasteiger partial charge in [0.05, 0.1) is 17.3 Å². The van der Waals surface area contributed by atoms with Gasteiger partial charge in [-0.15, -0.1) is 0 Å². The lowest BCUT2D eigenvalue weighted by Gasteiger charge is -2.29. The number of aromatic nitrogens is 2. The Morgan fingerprint density at radius 1 is 0.925 bits per heavy atom. The maximum atomic E-state index is 11.7. The summed E-state index contributed by atoms with van der Waals surface area (Å²) >= 11 is 5.89. The van der Waals surface area contributed by atoms with Gasteiger partial charge in [0.15, 0.2) is 5.11 Å². The fourth-order valence-electron chi connectivity index (χ4n) is 5.07. The Bertz CT molecular complexity index is 1680. The molecule has 40 heavy (non-hydrogen) atoms. The number of carbonyl (C=O) groups is 1. The van der Waals surface area contributed by atoms with Crippen molar-refractivity contribution in [1.82, 2.24) is 14.9 Å². The van der Waals surface area contributed by atoms with Gasteiger partial charge in [0, 0.05) is 29.5 Å². The van der Waals surface area contributed by atoms with E-state index in [-0.39, 0.29) is 17.6 Å². The molecule has 3 aromatic carbocycles. The molecule has 0 saturated carbocycles. The number of aromatic carboxylic acids is 1. The highest BCUT2D eigenvalue weighted by molar-refractivity contribution is 7.80. The number of nitrogens with zero attached hydrogens (tertiary/aromatic N) is 3. The number of hydrogen-bond acceptors (Lipinski definition) is 4. The molecule has 0 amide bonds. The standard InChI is InChI=1S/C32H26N4O3S/c1-21-8-2-3-13-28(21)39-25-16-14-23(15-17-25)36-30(29(34-32(36)40)26-11-4-5-18-33-26)27-12-7-19-35(27)24-10-6-9-22(20-24)31(37)38/h2-20,29-30H,1H3,(H,34,40)(H,37,38)/t29-,30+/m0/s1. The molecule has 0 unspecified atom stereocenters. The summed E-state index contributed by atoms with van der Waals surface area (Å²) in [7, 11) is 0. The van der Waals surface area contributed by atoms with Crippen LogP contribution >= 0.6 is 12.2 Å². The second-order valence-corrected chi connectivity index (χ2v) is 9.90. The van der Waals surface area contributed by atoms with E-state index < -0.39 is 5.97 Å². The molecule has 8 heteroatoms. The van der Waals surface area contributed by atoms with Crippen LogP contribution in [0.5, 0.6) is 11.5 Å². The maximum Gasteiger partial charge on any atom is 0.335 e. The van der Waals surface area contributed by atoms with Gasteiger partial charge in [0.2, 0.25) is 0 Å². The third-order valence-corrected chi connectivity index (χ3v) is 7.30. The van der Waals surface area contributed by atoms with Crippen molar-refractivity contribution < 1.29 is 14.6 Å². The molecule has 5 aromatic rings. The quantitative estimate of drug-likeness (QED) is 0.216. The highest BCUT2D eigenvalue weighted by atomic mass is 32.1. The normalized spacial score (nSPS) is 16.5. The summed E-state index contributed by atoms with van der Waals surface area (Å²) in [4.78, 5) is 18.4. The minimum atomic E-state index is -0.972. The predicted octanol–water partition coefficient (Wildman–Crippen LogP) is 6.85. The summed E-state index contributed by atoms with van der Waals surface area (Å²) in [6.07, 6.45) is 3.71. The van der Waals surface area contributed by atoms with Crippen LogP contribution in [0.25, 0.3) is 5.69 Å². The number of pyridine rings is 1. The lowest BCUT2D eigenvalue weighted by molar-refractivity contribution is 0.0697.